The third-order valence-electron chi connectivity index (χ3n) is 12.7. The summed E-state index contributed by atoms with van der Waals surface area (Å²) >= 11 is 3.69. The summed E-state index contributed by atoms with van der Waals surface area (Å²) in [6.45, 7) is 0. The van der Waals surface area contributed by atoms with Gasteiger partial charge >= 0.3 is 0 Å². The first-order valence-corrected chi connectivity index (χ1v) is 22.0. The van der Waals surface area contributed by atoms with Gasteiger partial charge in [-0.05, 0) is 86.3 Å². The summed E-state index contributed by atoms with van der Waals surface area (Å²) in [7, 11) is 0. The van der Waals surface area contributed by atoms with Crippen LogP contribution in [-0.2, 0) is 0 Å². The molecule has 14 aromatic rings. The van der Waals surface area contributed by atoms with Crippen molar-refractivity contribution in [3.8, 4) is 33.4 Å². The molecule has 0 aliphatic rings. The van der Waals surface area contributed by atoms with Crippen molar-refractivity contribution < 1.29 is 8.83 Å². The van der Waals surface area contributed by atoms with Crippen molar-refractivity contribution >= 4 is 128 Å². The number of benzene rings is 10. The molecule has 0 atom stereocenters. The second kappa shape index (κ2) is 12.2. The summed E-state index contributed by atoms with van der Waals surface area (Å²) < 4.78 is 19.0. The molecule has 2 nitrogen and oxygen atoms in total. The van der Waals surface area contributed by atoms with Gasteiger partial charge in [0.2, 0.25) is 0 Å². The van der Waals surface area contributed by atoms with Crippen LogP contribution in [0.4, 0.5) is 0 Å². The molecule has 0 fully saturated rings. The molecule has 4 aromatic heterocycles. The van der Waals surface area contributed by atoms with Gasteiger partial charge in [0.1, 0.15) is 22.3 Å². The predicted octanol–water partition coefficient (Wildman–Crippen LogP) is 17.5. The first-order chi connectivity index (χ1) is 29.8. The molecule has 10 aromatic carbocycles. The molecule has 0 saturated heterocycles. The Balaban J connectivity index is 1.08. The van der Waals surface area contributed by atoms with Gasteiger partial charge < -0.3 is 8.83 Å². The lowest BCUT2D eigenvalue weighted by Crippen LogP contribution is -1.91. The second-order valence-electron chi connectivity index (χ2n) is 15.8. The first-order valence-electron chi connectivity index (χ1n) is 20.3. The smallest absolute Gasteiger partial charge is 0.143 e. The Hall–Kier alpha value is -7.24. The summed E-state index contributed by atoms with van der Waals surface area (Å²) in [5.74, 6) is 0. The van der Waals surface area contributed by atoms with Crippen molar-refractivity contribution in [2.45, 2.75) is 0 Å². The number of fused-ring (bicyclic) bond motifs is 16. The molecule has 0 unspecified atom stereocenters. The molecule has 0 aliphatic carbocycles. The molecule has 4 heteroatoms. The van der Waals surface area contributed by atoms with Gasteiger partial charge in [-0.3, -0.25) is 0 Å². The maximum atomic E-state index is 6.93. The van der Waals surface area contributed by atoms with Crippen LogP contribution in [0.2, 0.25) is 0 Å². The monoisotopic (exact) mass is 798 g/mol. The van der Waals surface area contributed by atoms with Gasteiger partial charge in [-0.15, -0.1) is 22.7 Å². The molecule has 278 valence electrons. The van der Waals surface area contributed by atoms with E-state index in [9.17, 15) is 0 Å². The van der Waals surface area contributed by atoms with Crippen LogP contribution in [-0.4, -0.2) is 0 Å². The maximum absolute atomic E-state index is 6.93. The van der Waals surface area contributed by atoms with Gasteiger partial charge in [0.25, 0.3) is 0 Å². The Kier molecular flexibility index (Phi) is 6.62. The van der Waals surface area contributed by atoms with Crippen LogP contribution in [0.1, 0.15) is 0 Å². The van der Waals surface area contributed by atoms with Crippen LogP contribution in [0.15, 0.2) is 191 Å². The number of rotatable bonds is 3. The van der Waals surface area contributed by atoms with E-state index < -0.39 is 0 Å². The van der Waals surface area contributed by atoms with Crippen molar-refractivity contribution in [3.05, 3.63) is 182 Å². The molecule has 0 N–H and O–H groups in total. The third-order valence-corrected chi connectivity index (χ3v) is 15.0. The Labute approximate surface area is 350 Å². The van der Waals surface area contributed by atoms with Crippen LogP contribution in [0.25, 0.3) is 139 Å². The van der Waals surface area contributed by atoms with Gasteiger partial charge in [0, 0.05) is 73.0 Å². The summed E-state index contributed by atoms with van der Waals surface area (Å²) in [6.07, 6.45) is 0. The highest BCUT2D eigenvalue weighted by Crippen LogP contribution is 2.49. The molecule has 4 heterocycles. The first kappa shape index (κ1) is 32.7. The molecule has 0 radical (unpaired) electrons. The normalized spacial score (nSPS) is 12.3. The van der Waals surface area contributed by atoms with E-state index in [1.54, 1.807) is 0 Å². The molecule has 0 spiro atoms. The van der Waals surface area contributed by atoms with E-state index in [2.05, 4.69) is 182 Å². The van der Waals surface area contributed by atoms with Crippen molar-refractivity contribution in [1.29, 1.82) is 0 Å². The van der Waals surface area contributed by atoms with E-state index >= 15 is 0 Å². The fourth-order valence-corrected chi connectivity index (χ4v) is 12.4. The van der Waals surface area contributed by atoms with Gasteiger partial charge in [-0.2, -0.15) is 0 Å². The molecular formula is C56H30O2S2. The van der Waals surface area contributed by atoms with E-state index in [0.29, 0.717) is 0 Å². The highest BCUT2D eigenvalue weighted by Gasteiger charge is 2.23. The highest BCUT2D eigenvalue weighted by atomic mass is 32.1. The van der Waals surface area contributed by atoms with Gasteiger partial charge in [0.05, 0.1) is 0 Å². The summed E-state index contributed by atoms with van der Waals surface area (Å²) in [6, 6.07) is 66.2. The van der Waals surface area contributed by atoms with Gasteiger partial charge in [-0.25, -0.2) is 0 Å². The lowest BCUT2D eigenvalue weighted by Gasteiger charge is -2.17. The second-order valence-corrected chi connectivity index (χ2v) is 18.0. The Morgan fingerprint density at radius 2 is 0.717 bits per heavy atom. The fourth-order valence-electron chi connectivity index (χ4n) is 10.2. The van der Waals surface area contributed by atoms with E-state index in [0.717, 1.165) is 55.4 Å². The minimum absolute atomic E-state index is 0.914. The number of hydrogen-bond donors (Lipinski definition) is 0. The standard InChI is InChI=1S/C56H30O2S2/c1-2-12-31(13-3-1)50-34-18-8-16-32(36-20-10-22-40-51-44(57-55(36)40)26-28-48-53(51)38-14-4-6-24-46(38)59-48)42(34)30-43-33(17-9-19-35(43)50)37-21-11-23-41-52-45(58-56(37)41)27-29-49-54(52)39-15-5-7-25-47(39)60-49/h1-30H. The van der Waals surface area contributed by atoms with Crippen molar-refractivity contribution in [3.63, 3.8) is 0 Å². The number of furan rings is 2. The van der Waals surface area contributed by atoms with Crippen LogP contribution >= 0.6 is 22.7 Å². The number of para-hydroxylation sites is 2. The number of thiophene rings is 2. The molecule has 0 amide bonds. The summed E-state index contributed by atoms with van der Waals surface area (Å²) in [4.78, 5) is 0. The zero-order valence-electron chi connectivity index (χ0n) is 32.0. The quantitative estimate of drug-likeness (QED) is 0.166. The van der Waals surface area contributed by atoms with Crippen LogP contribution in [0, 0.1) is 0 Å². The van der Waals surface area contributed by atoms with Crippen molar-refractivity contribution in [1.82, 2.24) is 0 Å². The lowest BCUT2D eigenvalue weighted by molar-refractivity contribution is 0.670. The van der Waals surface area contributed by atoms with Crippen LogP contribution in [0.3, 0.4) is 0 Å². The Morgan fingerprint density at radius 1 is 0.283 bits per heavy atom. The summed E-state index contributed by atoms with van der Waals surface area (Å²) in [5.41, 5.74) is 10.5. The largest absolute Gasteiger partial charge is 0.455 e. The lowest BCUT2D eigenvalue weighted by atomic mass is 9.86. The number of hydrogen-bond acceptors (Lipinski definition) is 4. The maximum Gasteiger partial charge on any atom is 0.143 e. The topological polar surface area (TPSA) is 26.3 Å². The average Bonchev–Trinajstić information content (AvgIpc) is 4.07. The molecule has 0 bridgehead atoms. The molecule has 0 saturated carbocycles. The van der Waals surface area contributed by atoms with Gasteiger partial charge in [-0.1, -0.05) is 140 Å². The highest BCUT2D eigenvalue weighted by molar-refractivity contribution is 7.26. The molecular weight excluding hydrogens is 769 g/mol. The van der Waals surface area contributed by atoms with Crippen molar-refractivity contribution in [2.75, 3.05) is 0 Å². The minimum Gasteiger partial charge on any atom is -0.455 e. The molecule has 60 heavy (non-hydrogen) atoms. The molecule has 14 rings (SSSR count). The SMILES string of the molecule is c1ccc(-c2c3cccc(-c4cccc5c4oc4ccc6sc7ccccc7c6c45)c3cc3c(-c4cccc5c4oc4ccc6sc7ccccc7c6c45)cccc23)cc1. The Morgan fingerprint density at radius 3 is 1.23 bits per heavy atom. The van der Waals surface area contributed by atoms with E-state index in [-0.39, 0.29) is 0 Å². The third kappa shape index (κ3) is 4.41. The zero-order chi connectivity index (χ0) is 39.1. The average molecular weight is 799 g/mol. The molecule has 0 aliphatic heterocycles. The zero-order valence-corrected chi connectivity index (χ0v) is 33.6. The van der Waals surface area contributed by atoms with Crippen molar-refractivity contribution in [2.24, 2.45) is 0 Å². The van der Waals surface area contributed by atoms with E-state index in [4.69, 9.17) is 8.83 Å². The summed E-state index contributed by atoms with van der Waals surface area (Å²) in [5, 5.41) is 14.5. The van der Waals surface area contributed by atoms with Crippen LogP contribution < -0.4 is 0 Å². The minimum atomic E-state index is 0.914. The van der Waals surface area contributed by atoms with Gasteiger partial charge in [0.15, 0.2) is 0 Å². The predicted molar refractivity (Wildman–Crippen MR) is 258 cm³/mol. The Bertz CT molecular complexity index is 3880. The fraction of sp³-hybridized carbons (Fsp3) is 0. The van der Waals surface area contributed by atoms with Crippen LogP contribution in [0.5, 0.6) is 0 Å². The van der Waals surface area contributed by atoms with E-state index in [1.165, 1.54) is 83.8 Å². The van der Waals surface area contributed by atoms with E-state index in [1.807, 2.05) is 22.7 Å².